The standard InChI is InChI=1S/C21H22O4/c1-13-8-7-10-15-19(23)16(12-18(22)25-21(2,3)4)14-9-5-6-11-17(14)24-20(13)15/h5-11,16H,12H2,1-4H3. The van der Waals surface area contributed by atoms with Gasteiger partial charge in [0.2, 0.25) is 0 Å². The Balaban J connectivity index is 2.04. The topological polar surface area (TPSA) is 52.6 Å². The number of Topliss-reactive ketones (excluding diaryl/α,β-unsaturated/α-hetero) is 1. The molecule has 0 bridgehead atoms. The van der Waals surface area contributed by atoms with E-state index >= 15 is 0 Å². The first kappa shape index (κ1) is 17.2. The Morgan fingerprint density at radius 2 is 1.84 bits per heavy atom. The minimum absolute atomic E-state index is 0.0101. The predicted molar refractivity (Wildman–Crippen MR) is 95.2 cm³/mol. The lowest BCUT2D eigenvalue weighted by atomic mass is 9.87. The number of ether oxygens (including phenoxy) is 2. The van der Waals surface area contributed by atoms with Gasteiger partial charge in [0, 0.05) is 5.56 Å². The molecule has 130 valence electrons. The minimum Gasteiger partial charge on any atom is -0.460 e. The molecule has 0 amide bonds. The number of para-hydroxylation sites is 2. The molecule has 0 spiro atoms. The number of benzene rings is 2. The number of rotatable bonds is 2. The number of esters is 1. The van der Waals surface area contributed by atoms with Gasteiger partial charge in [-0.15, -0.1) is 0 Å². The molecule has 2 aromatic carbocycles. The zero-order valence-electron chi connectivity index (χ0n) is 15.0. The molecule has 1 aliphatic heterocycles. The van der Waals surface area contributed by atoms with E-state index in [1.165, 1.54) is 0 Å². The zero-order chi connectivity index (χ0) is 18.2. The molecule has 0 saturated heterocycles. The molecule has 1 atom stereocenters. The van der Waals surface area contributed by atoms with E-state index in [0.29, 0.717) is 22.6 Å². The predicted octanol–water partition coefficient (Wildman–Crippen LogP) is 4.80. The summed E-state index contributed by atoms with van der Waals surface area (Å²) in [5.41, 5.74) is 1.52. The summed E-state index contributed by atoms with van der Waals surface area (Å²) < 4.78 is 11.5. The van der Waals surface area contributed by atoms with Crippen LogP contribution in [0.4, 0.5) is 0 Å². The molecule has 0 radical (unpaired) electrons. The Kier molecular flexibility index (Phi) is 4.38. The van der Waals surface area contributed by atoms with Crippen LogP contribution in [0.5, 0.6) is 11.5 Å². The van der Waals surface area contributed by atoms with E-state index in [1.807, 2.05) is 64.1 Å². The van der Waals surface area contributed by atoms with E-state index in [4.69, 9.17) is 9.47 Å². The first-order valence-electron chi connectivity index (χ1n) is 8.39. The fourth-order valence-electron chi connectivity index (χ4n) is 3.03. The van der Waals surface area contributed by atoms with Crippen molar-refractivity contribution >= 4 is 11.8 Å². The molecule has 4 nitrogen and oxygen atoms in total. The maximum absolute atomic E-state index is 13.2. The van der Waals surface area contributed by atoms with Crippen LogP contribution in [-0.4, -0.2) is 17.4 Å². The molecule has 0 aromatic heterocycles. The lowest BCUT2D eigenvalue weighted by molar-refractivity contribution is -0.155. The molecule has 1 aliphatic rings. The summed E-state index contributed by atoms with van der Waals surface area (Å²) in [4.78, 5) is 25.5. The van der Waals surface area contributed by atoms with Crippen molar-refractivity contribution in [2.24, 2.45) is 0 Å². The molecule has 0 saturated carbocycles. The van der Waals surface area contributed by atoms with Gasteiger partial charge in [0.05, 0.1) is 17.9 Å². The van der Waals surface area contributed by atoms with Crippen molar-refractivity contribution in [1.29, 1.82) is 0 Å². The highest BCUT2D eigenvalue weighted by Gasteiger charge is 2.34. The van der Waals surface area contributed by atoms with Gasteiger partial charge in [-0.05, 0) is 45.4 Å². The SMILES string of the molecule is Cc1cccc2c1Oc1ccccc1C(CC(=O)OC(C)(C)C)C2=O. The summed E-state index contributed by atoms with van der Waals surface area (Å²) in [6.45, 7) is 7.35. The third-order valence-electron chi connectivity index (χ3n) is 4.09. The van der Waals surface area contributed by atoms with Gasteiger partial charge in [0.1, 0.15) is 17.1 Å². The average molecular weight is 338 g/mol. The van der Waals surface area contributed by atoms with Crippen LogP contribution in [0.3, 0.4) is 0 Å². The summed E-state index contributed by atoms with van der Waals surface area (Å²) in [6.07, 6.45) is -0.0101. The van der Waals surface area contributed by atoms with Crippen LogP contribution in [0.25, 0.3) is 0 Å². The van der Waals surface area contributed by atoms with Gasteiger partial charge in [-0.1, -0.05) is 30.3 Å². The quantitative estimate of drug-likeness (QED) is 0.738. The van der Waals surface area contributed by atoms with E-state index in [9.17, 15) is 9.59 Å². The summed E-state index contributed by atoms with van der Waals surface area (Å²) in [5, 5.41) is 0. The molecule has 0 fully saturated rings. The first-order chi connectivity index (χ1) is 11.8. The normalized spacial score (nSPS) is 16.3. The number of ketones is 1. The number of fused-ring (bicyclic) bond motifs is 2. The highest BCUT2D eigenvalue weighted by molar-refractivity contribution is 6.06. The van der Waals surface area contributed by atoms with Crippen molar-refractivity contribution in [2.45, 2.75) is 45.6 Å². The Morgan fingerprint density at radius 1 is 1.12 bits per heavy atom. The van der Waals surface area contributed by atoms with Crippen LogP contribution in [-0.2, 0) is 9.53 Å². The summed E-state index contributed by atoms with van der Waals surface area (Å²) in [5.74, 6) is 0.0458. The van der Waals surface area contributed by atoms with Crippen LogP contribution in [0, 0.1) is 6.92 Å². The Labute approximate surface area is 147 Å². The molecule has 1 heterocycles. The van der Waals surface area contributed by atoms with Crippen LogP contribution >= 0.6 is 0 Å². The van der Waals surface area contributed by atoms with Gasteiger partial charge >= 0.3 is 5.97 Å². The Bertz CT molecular complexity index is 830. The molecule has 1 unspecified atom stereocenters. The fourth-order valence-corrected chi connectivity index (χ4v) is 3.03. The third kappa shape index (κ3) is 3.58. The molecule has 0 aliphatic carbocycles. The van der Waals surface area contributed by atoms with E-state index in [2.05, 4.69) is 0 Å². The molecule has 25 heavy (non-hydrogen) atoms. The zero-order valence-corrected chi connectivity index (χ0v) is 15.0. The van der Waals surface area contributed by atoms with Gasteiger partial charge in [-0.25, -0.2) is 0 Å². The molecule has 2 aromatic rings. The fraction of sp³-hybridized carbons (Fsp3) is 0.333. The second kappa shape index (κ2) is 6.36. The summed E-state index contributed by atoms with van der Waals surface area (Å²) in [6, 6.07) is 12.9. The second-order valence-corrected chi connectivity index (χ2v) is 7.30. The van der Waals surface area contributed by atoms with Crippen LogP contribution in [0.1, 0.15) is 54.6 Å². The van der Waals surface area contributed by atoms with Crippen molar-refractivity contribution in [2.75, 3.05) is 0 Å². The van der Waals surface area contributed by atoms with E-state index in [0.717, 1.165) is 5.56 Å². The van der Waals surface area contributed by atoms with Crippen molar-refractivity contribution in [1.82, 2.24) is 0 Å². The van der Waals surface area contributed by atoms with Crippen molar-refractivity contribution in [3.63, 3.8) is 0 Å². The lowest BCUT2D eigenvalue weighted by Gasteiger charge is -2.21. The van der Waals surface area contributed by atoms with Crippen LogP contribution in [0.2, 0.25) is 0 Å². The van der Waals surface area contributed by atoms with E-state index < -0.39 is 17.5 Å². The van der Waals surface area contributed by atoms with Gasteiger partial charge in [0.25, 0.3) is 0 Å². The minimum atomic E-state index is -0.617. The average Bonchev–Trinajstić information content (AvgIpc) is 2.63. The van der Waals surface area contributed by atoms with Crippen LogP contribution < -0.4 is 4.74 Å². The largest absolute Gasteiger partial charge is 0.460 e. The van der Waals surface area contributed by atoms with Crippen molar-refractivity contribution in [3.05, 3.63) is 59.2 Å². The van der Waals surface area contributed by atoms with Gasteiger partial charge < -0.3 is 9.47 Å². The third-order valence-corrected chi connectivity index (χ3v) is 4.09. The molecule has 0 N–H and O–H groups in total. The Hall–Kier alpha value is -2.62. The van der Waals surface area contributed by atoms with E-state index in [1.54, 1.807) is 6.07 Å². The second-order valence-electron chi connectivity index (χ2n) is 7.30. The number of aryl methyl sites for hydroxylation is 1. The molecule has 4 heteroatoms. The van der Waals surface area contributed by atoms with Crippen LogP contribution in [0.15, 0.2) is 42.5 Å². The van der Waals surface area contributed by atoms with E-state index in [-0.39, 0.29) is 12.2 Å². The number of carbonyl (C=O) groups is 2. The maximum atomic E-state index is 13.2. The number of hydrogen-bond donors (Lipinski definition) is 0. The lowest BCUT2D eigenvalue weighted by Crippen LogP contribution is -2.26. The first-order valence-corrected chi connectivity index (χ1v) is 8.39. The summed E-state index contributed by atoms with van der Waals surface area (Å²) in [7, 11) is 0. The molecule has 3 rings (SSSR count). The Morgan fingerprint density at radius 3 is 2.56 bits per heavy atom. The molecular formula is C21H22O4. The van der Waals surface area contributed by atoms with Gasteiger partial charge in [0.15, 0.2) is 5.78 Å². The monoisotopic (exact) mass is 338 g/mol. The maximum Gasteiger partial charge on any atom is 0.307 e. The molecular weight excluding hydrogens is 316 g/mol. The van der Waals surface area contributed by atoms with Gasteiger partial charge in [-0.3, -0.25) is 9.59 Å². The van der Waals surface area contributed by atoms with Crippen molar-refractivity contribution < 1.29 is 19.1 Å². The summed E-state index contributed by atoms with van der Waals surface area (Å²) >= 11 is 0. The highest BCUT2D eigenvalue weighted by Crippen LogP contribution is 2.42. The number of carbonyl (C=O) groups excluding carboxylic acids is 2. The number of hydrogen-bond acceptors (Lipinski definition) is 4. The highest BCUT2D eigenvalue weighted by atomic mass is 16.6. The van der Waals surface area contributed by atoms with Crippen molar-refractivity contribution in [3.8, 4) is 11.5 Å². The smallest absolute Gasteiger partial charge is 0.307 e. The van der Waals surface area contributed by atoms with Gasteiger partial charge in [-0.2, -0.15) is 0 Å².